The van der Waals surface area contributed by atoms with Crippen LogP contribution in [0.4, 0.5) is 10.1 Å². The van der Waals surface area contributed by atoms with Gasteiger partial charge in [-0.1, -0.05) is 23.7 Å². The van der Waals surface area contributed by atoms with Crippen LogP contribution in [0.15, 0.2) is 41.3 Å². The highest BCUT2D eigenvalue weighted by Gasteiger charge is 2.21. The number of hydrogen-bond acceptors (Lipinski definition) is 3. The van der Waals surface area contributed by atoms with E-state index in [1.54, 1.807) is 0 Å². The molecule has 0 aliphatic rings. The maximum atomic E-state index is 13.8. The lowest BCUT2D eigenvalue weighted by Gasteiger charge is -2.12. The van der Waals surface area contributed by atoms with Crippen LogP contribution in [0.5, 0.6) is 0 Å². The number of hydrogen-bond donors (Lipinski definition) is 2. The molecule has 0 aliphatic carbocycles. The highest BCUT2D eigenvalue weighted by atomic mass is 35.5. The van der Waals surface area contributed by atoms with Gasteiger partial charge in [0.1, 0.15) is 0 Å². The Morgan fingerprint density at radius 1 is 1.27 bits per heavy atom. The molecule has 0 radical (unpaired) electrons. The van der Waals surface area contributed by atoms with Crippen LogP contribution in [-0.2, 0) is 10.0 Å². The molecule has 116 valence electrons. The molecule has 0 fully saturated rings. The van der Waals surface area contributed by atoms with Crippen LogP contribution in [-0.4, -0.2) is 19.5 Å². The monoisotopic (exact) mass is 343 g/mol. The average molecular weight is 344 g/mol. The van der Waals surface area contributed by atoms with Crippen molar-refractivity contribution in [2.75, 3.05) is 4.72 Å². The third kappa shape index (κ3) is 3.20. The van der Waals surface area contributed by atoms with Crippen LogP contribution in [0, 0.1) is 12.7 Å². The van der Waals surface area contributed by atoms with Crippen molar-refractivity contribution in [3.8, 4) is 0 Å². The molecule has 2 aromatic rings. The molecule has 0 unspecified atom stereocenters. The molecule has 0 heterocycles. The molecule has 2 rings (SSSR count). The maximum Gasteiger partial charge on any atom is 0.335 e. The summed E-state index contributed by atoms with van der Waals surface area (Å²) in [5.74, 6) is -2.16. The summed E-state index contributed by atoms with van der Waals surface area (Å²) in [6.07, 6.45) is 0. The van der Waals surface area contributed by atoms with Gasteiger partial charge in [-0.05, 0) is 36.8 Å². The Balaban J connectivity index is 2.49. The minimum atomic E-state index is -4.15. The van der Waals surface area contributed by atoms with Crippen molar-refractivity contribution in [1.82, 2.24) is 0 Å². The summed E-state index contributed by atoms with van der Waals surface area (Å²) >= 11 is 5.60. The molecule has 0 saturated heterocycles. The molecule has 0 bridgehead atoms. The van der Waals surface area contributed by atoms with Crippen molar-refractivity contribution in [2.24, 2.45) is 0 Å². The van der Waals surface area contributed by atoms with Crippen molar-refractivity contribution in [1.29, 1.82) is 0 Å². The van der Waals surface area contributed by atoms with E-state index < -0.39 is 21.8 Å². The zero-order valence-electron chi connectivity index (χ0n) is 11.3. The molecule has 0 saturated carbocycles. The van der Waals surface area contributed by atoms with Crippen molar-refractivity contribution >= 4 is 33.3 Å². The average Bonchev–Trinajstić information content (AvgIpc) is 2.43. The summed E-state index contributed by atoms with van der Waals surface area (Å²) in [7, 11) is -4.15. The zero-order valence-corrected chi connectivity index (χ0v) is 12.9. The number of benzene rings is 2. The van der Waals surface area contributed by atoms with Crippen LogP contribution in [0.1, 0.15) is 15.9 Å². The van der Waals surface area contributed by atoms with Crippen LogP contribution in [0.3, 0.4) is 0 Å². The molecular formula is C14H11ClFNO4S. The Morgan fingerprint density at radius 3 is 2.59 bits per heavy atom. The van der Waals surface area contributed by atoms with Gasteiger partial charge in [-0.25, -0.2) is 17.6 Å². The summed E-state index contributed by atoms with van der Waals surface area (Å²) < 4.78 is 40.6. The minimum absolute atomic E-state index is 0.183. The first kappa shape index (κ1) is 16.3. The molecule has 2 aromatic carbocycles. The predicted octanol–water partition coefficient (Wildman–Crippen LogP) is 3.29. The Hall–Kier alpha value is -2.12. The number of nitrogens with one attached hydrogen (secondary N) is 1. The maximum absolute atomic E-state index is 13.8. The molecule has 0 aliphatic heterocycles. The lowest BCUT2D eigenvalue weighted by atomic mass is 10.1. The van der Waals surface area contributed by atoms with E-state index in [0.29, 0.717) is 5.56 Å². The van der Waals surface area contributed by atoms with E-state index in [-0.39, 0.29) is 21.2 Å². The summed E-state index contributed by atoms with van der Waals surface area (Å²) in [4.78, 5) is 10.7. The number of carboxylic acid groups (broad SMARTS) is 1. The minimum Gasteiger partial charge on any atom is -0.478 e. The highest BCUT2D eigenvalue weighted by molar-refractivity contribution is 7.92. The van der Waals surface area contributed by atoms with Crippen LogP contribution in [0.2, 0.25) is 5.02 Å². The first-order valence-electron chi connectivity index (χ1n) is 6.03. The summed E-state index contributed by atoms with van der Waals surface area (Å²) in [6, 6.07) is 7.56. The van der Waals surface area contributed by atoms with E-state index in [1.165, 1.54) is 37.3 Å². The summed E-state index contributed by atoms with van der Waals surface area (Å²) in [5.41, 5.74) is -0.162. The van der Waals surface area contributed by atoms with Gasteiger partial charge < -0.3 is 5.11 Å². The number of anilines is 1. The molecule has 5 nitrogen and oxygen atoms in total. The molecule has 22 heavy (non-hydrogen) atoms. The molecule has 0 atom stereocenters. The standard InChI is InChI=1S/C14H11ClFNO4S/c1-8-5-6-9(14(18)19)7-12(8)22(20,21)17-11-4-2-3-10(15)13(11)16/h2-7,17H,1H3,(H,18,19). The van der Waals surface area contributed by atoms with E-state index in [4.69, 9.17) is 16.7 Å². The van der Waals surface area contributed by atoms with Gasteiger partial charge in [-0.2, -0.15) is 0 Å². The fourth-order valence-electron chi connectivity index (χ4n) is 1.80. The van der Waals surface area contributed by atoms with Gasteiger partial charge in [0.05, 0.1) is 21.2 Å². The van der Waals surface area contributed by atoms with Gasteiger partial charge >= 0.3 is 5.97 Å². The normalized spacial score (nSPS) is 11.2. The summed E-state index contributed by atoms with van der Waals surface area (Å²) in [5, 5.41) is 8.72. The van der Waals surface area contributed by atoms with E-state index in [1.807, 2.05) is 0 Å². The number of aryl methyl sites for hydroxylation is 1. The van der Waals surface area contributed by atoms with Gasteiger partial charge in [-0.15, -0.1) is 0 Å². The Labute approximate surface area is 131 Å². The lowest BCUT2D eigenvalue weighted by Crippen LogP contribution is -2.16. The van der Waals surface area contributed by atoms with E-state index >= 15 is 0 Å². The number of rotatable bonds is 4. The second-order valence-electron chi connectivity index (χ2n) is 4.49. The Bertz CT molecular complexity index is 852. The first-order valence-corrected chi connectivity index (χ1v) is 7.89. The molecule has 8 heteroatoms. The fourth-order valence-corrected chi connectivity index (χ4v) is 3.31. The SMILES string of the molecule is Cc1ccc(C(=O)O)cc1S(=O)(=O)Nc1cccc(Cl)c1F. The Morgan fingerprint density at radius 2 is 1.95 bits per heavy atom. The van der Waals surface area contributed by atoms with E-state index in [9.17, 15) is 17.6 Å². The number of sulfonamides is 1. The van der Waals surface area contributed by atoms with E-state index in [2.05, 4.69) is 4.72 Å². The second-order valence-corrected chi connectivity index (χ2v) is 6.55. The van der Waals surface area contributed by atoms with Gasteiger partial charge in [0, 0.05) is 0 Å². The molecule has 0 spiro atoms. The number of halogens is 2. The second kappa shape index (κ2) is 5.94. The number of carboxylic acids is 1. The largest absolute Gasteiger partial charge is 0.478 e. The number of carbonyl (C=O) groups is 1. The van der Waals surface area contributed by atoms with Crippen LogP contribution in [0.25, 0.3) is 0 Å². The fraction of sp³-hybridized carbons (Fsp3) is 0.0714. The highest BCUT2D eigenvalue weighted by Crippen LogP contribution is 2.26. The molecule has 0 amide bonds. The van der Waals surface area contributed by atoms with Crippen molar-refractivity contribution in [3.63, 3.8) is 0 Å². The van der Waals surface area contributed by atoms with Gasteiger partial charge in [0.15, 0.2) is 5.82 Å². The predicted molar refractivity (Wildman–Crippen MR) is 80.4 cm³/mol. The third-order valence-electron chi connectivity index (χ3n) is 2.92. The van der Waals surface area contributed by atoms with Crippen molar-refractivity contribution in [2.45, 2.75) is 11.8 Å². The third-order valence-corrected chi connectivity index (χ3v) is 4.72. The molecule has 0 aromatic heterocycles. The number of aromatic carboxylic acids is 1. The van der Waals surface area contributed by atoms with Gasteiger partial charge in [0.25, 0.3) is 10.0 Å². The zero-order chi connectivity index (χ0) is 16.5. The van der Waals surface area contributed by atoms with Gasteiger partial charge in [0.2, 0.25) is 0 Å². The molecular weight excluding hydrogens is 333 g/mol. The quantitative estimate of drug-likeness (QED) is 0.892. The topological polar surface area (TPSA) is 83.5 Å². The van der Waals surface area contributed by atoms with Crippen molar-refractivity contribution < 1.29 is 22.7 Å². The Kier molecular flexibility index (Phi) is 4.39. The lowest BCUT2D eigenvalue weighted by molar-refractivity contribution is 0.0696. The van der Waals surface area contributed by atoms with Crippen LogP contribution >= 0.6 is 11.6 Å². The summed E-state index contributed by atoms with van der Waals surface area (Å²) in [6.45, 7) is 1.51. The smallest absolute Gasteiger partial charge is 0.335 e. The van der Waals surface area contributed by atoms with E-state index in [0.717, 1.165) is 6.07 Å². The first-order chi connectivity index (χ1) is 10.2. The van der Waals surface area contributed by atoms with Crippen LogP contribution < -0.4 is 4.72 Å². The van der Waals surface area contributed by atoms with Gasteiger partial charge in [-0.3, -0.25) is 4.72 Å². The van der Waals surface area contributed by atoms with Crippen molar-refractivity contribution in [3.05, 3.63) is 58.4 Å². The molecule has 2 N–H and O–H groups in total.